The lowest BCUT2D eigenvalue weighted by Crippen LogP contribution is -2.32. The van der Waals surface area contributed by atoms with E-state index in [-0.39, 0.29) is 29.3 Å². The molecular formula is C16H22ClN5O3S. The van der Waals surface area contributed by atoms with Crippen molar-refractivity contribution in [3.63, 3.8) is 0 Å². The minimum Gasteiger partial charge on any atom is -0.336 e. The minimum absolute atomic E-state index is 0. The van der Waals surface area contributed by atoms with Crippen molar-refractivity contribution in [1.82, 2.24) is 19.4 Å². The van der Waals surface area contributed by atoms with E-state index in [9.17, 15) is 13.2 Å². The molecular weight excluding hydrogens is 378 g/mol. The third-order valence-electron chi connectivity index (χ3n) is 4.24. The molecule has 0 spiro atoms. The van der Waals surface area contributed by atoms with Gasteiger partial charge >= 0.3 is 0 Å². The fourth-order valence-electron chi connectivity index (χ4n) is 2.81. The molecule has 1 saturated heterocycles. The molecule has 10 heteroatoms. The summed E-state index contributed by atoms with van der Waals surface area (Å²) in [6.07, 6.45) is 2.28. The number of aromatic nitrogens is 2. The van der Waals surface area contributed by atoms with Crippen molar-refractivity contribution < 1.29 is 13.2 Å². The van der Waals surface area contributed by atoms with Gasteiger partial charge < -0.3 is 10.6 Å². The van der Waals surface area contributed by atoms with E-state index in [1.807, 2.05) is 0 Å². The van der Waals surface area contributed by atoms with Gasteiger partial charge in [-0.3, -0.25) is 9.89 Å². The Morgan fingerprint density at radius 1 is 1.35 bits per heavy atom. The second-order valence-corrected chi connectivity index (χ2v) is 8.12. The molecule has 1 amide bonds. The highest BCUT2D eigenvalue weighted by Crippen LogP contribution is 2.21. The molecule has 2 aromatic rings. The van der Waals surface area contributed by atoms with E-state index in [1.165, 1.54) is 33.5 Å². The summed E-state index contributed by atoms with van der Waals surface area (Å²) in [6.45, 7) is 1.15. The minimum atomic E-state index is -3.56. The molecule has 1 aromatic heterocycles. The van der Waals surface area contributed by atoms with Gasteiger partial charge in [-0.25, -0.2) is 8.42 Å². The number of carbonyl (C=O) groups excluding carboxylic acids is 1. The number of benzene rings is 1. The number of nitrogens with one attached hydrogen (secondary N) is 1. The zero-order valence-electron chi connectivity index (χ0n) is 14.3. The molecule has 1 aliphatic rings. The van der Waals surface area contributed by atoms with Crippen molar-refractivity contribution in [3.05, 3.63) is 47.8 Å². The van der Waals surface area contributed by atoms with E-state index in [2.05, 4.69) is 10.2 Å². The largest absolute Gasteiger partial charge is 0.336 e. The Kier molecular flexibility index (Phi) is 6.40. The predicted molar refractivity (Wildman–Crippen MR) is 99.4 cm³/mol. The van der Waals surface area contributed by atoms with E-state index >= 15 is 0 Å². The Hall–Kier alpha value is -1.94. The van der Waals surface area contributed by atoms with Gasteiger partial charge in [0.05, 0.1) is 17.1 Å². The zero-order chi connectivity index (χ0) is 18.0. The fraction of sp³-hybridized carbons (Fsp3) is 0.375. The highest BCUT2D eigenvalue weighted by atomic mass is 35.5. The SMILES string of the molecule is CN(Cc1ccn[nH]1)C(=O)c1ccc(S(=O)(=O)N2CCC(N)C2)cc1.Cl. The molecule has 2 heterocycles. The fourth-order valence-corrected chi connectivity index (χ4v) is 4.32. The van der Waals surface area contributed by atoms with Gasteiger partial charge in [-0.2, -0.15) is 9.40 Å². The number of carbonyl (C=O) groups is 1. The van der Waals surface area contributed by atoms with Gasteiger partial charge in [0.2, 0.25) is 10.0 Å². The number of nitrogens with two attached hydrogens (primary N) is 1. The molecule has 0 radical (unpaired) electrons. The third-order valence-corrected chi connectivity index (χ3v) is 6.12. The summed E-state index contributed by atoms with van der Waals surface area (Å²) in [5, 5.41) is 6.64. The summed E-state index contributed by atoms with van der Waals surface area (Å²) in [5.41, 5.74) is 7.04. The lowest BCUT2D eigenvalue weighted by molar-refractivity contribution is 0.0783. The molecule has 1 atom stereocenters. The Morgan fingerprint density at radius 3 is 2.58 bits per heavy atom. The monoisotopic (exact) mass is 399 g/mol. The first-order valence-corrected chi connectivity index (χ1v) is 9.41. The first kappa shape index (κ1) is 20.4. The number of rotatable bonds is 5. The van der Waals surface area contributed by atoms with E-state index in [4.69, 9.17) is 5.73 Å². The molecule has 0 saturated carbocycles. The van der Waals surface area contributed by atoms with Gasteiger partial charge in [-0.1, -0.05) is 0 Å². The summed E-state index contributed by atoms with van der Waals surface area (Å²) in [5.74, 6) is -0.193. The molecule has 3 rings (SSSR count). The van der Waals surface area contributed by atoms with Crippen molar-refractivity contribution in [2.45, 2.75) is 23.9 Å². The number of aromatic amines is 1. The Balaban J connectivity index is 0.00000243. The quantitative estimate of drug-likeness (QED) is 0.773. The summed E-state index contributed by atoms with van der Waals surface area (Å²) >= 11 is 0. The van der Waals surface area contributed by atoms with Crippen LogP contribution >= 0.6 is 12.4 Å². The molecule has 142 valence electrons. The van der Waals surface area contributed by atoms with Gasteiger partial charge in [0.15, 0.2) is 0 Å². The van der Waals surface area contributed by atoms with E-state index in [1.54, 1.807) is 19.3 Å². The lowest BCUT2D eigenvalue weighted by Gasteiger charge is -2.18. The molecule has 1 aliphatic heterocycles. The summed E-state index contributed by atoms with van der Waals surface area (Å²) < 4.78 is 26.5. The van der Waals surface area contributed by atoms with Crippen LogP contribution in [0.4, 0.5) is 0 Å². The average molecular weight is 400 g/mol. The molecule has 1 fully saturated rings. The van der Waals surface area contributed by atoms with Gasteiger partial charge in [-0.15, -0.1) is 12.4 Å². The molecule has 3 N–H and O–H groups in total. The molecule has 1 aromatic carbocycles. The molecule has 8 nitrogen and oxygen atoms in total. The molecule has 0 aliphatic carbocycles. The van der Waals surface area contributed by atoms with Crippen LogP contribution in [0, 0.1) is 0 Å². The van der Waals surface area contributed by atoms with Crippen LogP contribution in [0.15, 0.2) is 41.4 Å². The van der Waals surface area contributed by atoms with E-state index < -0.39 is 10.0 Å². The first-order valence-electron chi connectivity index (χ1n) is 7.97. The van der Waals surface area contributed by atoms with Crippen LogP contribution in [0.25, 0.3) is 0 Å². The maximum atomic E-state index is 12.6. The predicted octanol–water partition coefficient (Wildman–Crippen LogP) is 0.825. The maximum absolute atomic E-state index is 12.6. The Labute approximate surface area is 158 Å². The van der Waals surface area contributed by atoms with Crippen molar-refractivity contribution >= 4 is 28.3 Å². The number of hydrogen-bond acceptors (Lipinski definition) is 5. The van der Waals surface area contributed by atoms with Gasteiger partial charge in [0, 0.05) is 37.9 Å². The topological polar surface area (TPSA) is 112 Å². The van der Waals surface area contributed by atoms with Crippen LogP contribution in [0.5, 0.6) is 0 Å². The lowest BCUT2D eigenvalue weighted by atomic mass is 10.2. The van der Waals surface area contributed by atoms with Gasteiger partial charge in [0.25, 0.3) is 5.91 Å². The van der Waals surface area contributed by atoms with Crippen molar-refractivity contribution in [1.29, 1.82) is 0 Å². The number of H-pyrrole nitrogens is 1. The number of amides is 1. The Bertz CT molecular complexity index is 839. The second-order valence-electron chi connectivity index (χ2n) is 6.18. The highest BCUT2D eigenvalue weighted by molar-refractivity contribution is 7.89. The molecule has 1 unspecified atom stereocenters. The highest BCUT2D eigenvalue weighted by Gasteiger charge is 2.31. The van der Waals surface area contributed by atoms with Crippen molar-refractivity contribution in [2.75, 3.05) is 20.1 Å². The summed E-state index contributed by atoms with van der Waals surface area (Å²) in [7, 11) is -1.88. The van der Waals surface area contributed by atoms with Crippen LogP contribution in [-0.4, -0.2) is 59.9 Å². The number of halogens is 1. The van der Waals surface area contributed by atoms with E-state index in [0.29, 0.717) is 31.6 Å². The van der Waals surface area contributed by atoms with Gasteiger partial charge in [-0.05, 0) is 36.8 Å². The number of sulfonamides is 1. The standard InChI is InChI=1S/C16H21N5O3S.ClH/c1-20(11-14-6-8-18-19-14)16(22)12-2-4-15(5-3-12)25(23,24)21-9-7-13(17)10-21;/h2-6,8,13H,7,9-11,17H2,1H3,(H,18,19);1H. The summed E-state index contributed by atoms with van der Waals surface area (Å²) in [6, 6.07) is 7.68. The van der Waals surface area contributed by atoms with Gasteiger partial charge in [0.1, 0.15) is 0 Å². The number of nitrogens with zero attached hydrogens (tertiary/aromatic N) is 3. The van der Waals surface area contributed by atoms with Crippen LogP contribution in [-0.2, 0) is 16.6 Å². The molecule has 26 heavy (non-hydrogen) atoms. The third kappa shape index (κ3) is 4.24. The normalized spacial score (nSPS) is 17.7. The average Bonchev–Trinajstić information content (AvgIpc) is 3.26. The van der Waals surface area contributed by atoms with Crippen LogP contribution in [0.2, 0.25) is 0 Å². The Morgan fingerprint density at radius 2 is 2.04 bits per heavy atom. The van der Waals surface area contributed by atoms with Crippen LogP contribution in [0.1, 0.15) is 22.5 Å². The number of hydrogen-bond donors (Lipinski definition) is 2. The first-order chi connectivity index (χ1) is 11.9. The second kappa shape index (κ2) is 8.17. The van der Waals surface area contributed by atoms with E-state index in [0.717, 1.165) is 5.69 Å². The van der Waals surface area contributed by atoms with Crippen LogP contribution in [0.3, 0.4) is 0 Å². The maximum Gasteiger partial charge on any atom is 0.253 e. The molecule has 0 bridgehead atoms. The smallest absolute Gasteiger partial charge is 0.253 e. The van der Waals surface area contributed by atoms with Crippen LogP contribution < -0.4 is 5.73 Å². The van der Waals surface area contributed by atoms with Crippen molar-refractivity contribution in [2.24, 2.45) is 5.73 Å². The summed E-state index contributed by atoms with van der Waals surface area (Å²) in [4.78, 5) is 14.2. The van der Waals surface area contributed by atoms with Crippen molar-refractivity contribution in [3.8, 4) is 0 Å². The zero-order valence-corrected chi connectivity index (χ0v) is 16.0.